The van der Waals surface area contributed by atoms with Crippen molar-refractivity contribution in [1.29, 1.82) is 0 Å². The second-order valence-electron chi connectivity index (χ2n) is 5.79. The van der Waals surface area contributed by atoms with Gasteiger partial charge in [0.25, 0.3) is 0 Å². The van der Waals surface area contributed by atoms with Crippen LogP contribution in [-0.4, -0.2) is 19.3 Å². The van der Waals surface area contributed by atoms with Gasteiger partial charge in [-0.15, -0.1) is 0 Å². The first-order valence-corrected chi connectivity index (χ1v) is 8.38. The molecule has 26 heavy (non-hydrogen) atoms. The molecule has 1 N–H and O–H groups in total. The van der Waals surface area contributed by atoms with Crippen molar-refractivity contribution in [3.8, 4) is 28.4 Å². The van der Waals surface area contributed by atoms with Gasteiger partial charge >= 0.3 is 0 Å². The molecule has 0 amide bonds. The van der Waals surface area contributed by atoms with Gasteiger partial charge in [0, 0.05) is 5.56 Å². The van der Waals surface area contributed by atoms with Crippen LogP contribution >= 0.6 is 0 Å². The summed E-state index contributed by atoms with van der Waals surface area (Å²) in [5.74, 6) is 2.08. The lowest BCUT2D eigenvalue weighted by atomic mass is 10.0. The summed E-state index contributed by atoms with van der Waals surface area (Å²) < 4.78 is 17.0. The maximum atomic E-state index is 9.65. The Balaban J connectivity index is 1.98. The molecule has 0 saturated carbocycles. The normalized spacial score (nSPS) is 10.4. The molecule has 3 aromatic carbocycles. The highest BCUT2D eigenvalue weighted by Gasteiger charge is 2.14. The van der Waals surface area contributed by atoms with E-state index < -0.39 is 0 Å². The standard InChI is InChI=1S/C22H22O4/c1-24-19-9-6-10-20(25-2)22(19)17-11-12-18(14-23)21(13-17)26-15-16-7-4-3-5-8-16/h3-13,23H,14-15H2,1-2H3. The molecule has 0 fully saturated rings. The molecule has 0 aromatic heterocycles. The molecule has 0 aliphatic heterocycles. The fourth-order valence-corrected chi connectivity index (χ4v) is 2.85. The molecular weight excluding hydrogens is 328 g/mol. The van der Waals surface area contributed by atoms with Gasteiger partial charge in [-0.05, 0) is 29.3 Å². The number of benzene rings is 3. The summed E-state index contributed by atoms with van der Waals surface area (Å²) in [5, 5.41) is 9.65. The summed E-state index contributed by atoms with van der Waals surface area (Å²) in [6.07, 6.45) is 0. The molecule has 0 heterocycles. The Kier molecular flexibility index (Phi) is 5.77. The Morgan fingerprint density at radius 1 is 0.769 bits per heavy atom. The van der Waals surface area contributed by atoms with Crippen molar-refractivity contribution in [1.82, 2.24) is 0 Å². The molecule has 0 radical (unpaired) electrons. The number of rotatable bonds is 7. The third-order valence-electron chi connectivity index (χ3n) is 4.19. The molecule has 4 nitrogen and oxygen atoms in total. The minimum atomic E-state index is -0.0898. The van der Waals surface area contributed by atoms with Crippen LogP contribution in [0.5, 0.6) is 17.2 Å². The van der Waals surface area contributed by atoms with Crippen molar-refractivity contribution < 1.29 is 19.3 Å². The molecule has 0 aliphatic carbocycles. The topological polar surface area (TPSA) is 47.9 Å². The minimum Gasteiger partial charge on any atom is -0.496 e. The van der Waals surface area contributed by atoms with E-state index in [4.69, 9.17) is 14.2 Å². The summed E-state index contributed by atoms with van der Waals surface area (Å²) in [5.41, 5.74) is 3.56. The third-order valence-corrected chi connectivity index (χ3v) is 4.19. The van der Waals surface area contributed by atoms with E-state index in [1.807, 2.05) is 66.7 Å². The second kappa shape index (κ2) is 8.41. The van der Waals surface area contributed by atoms with E-state index in [-0.39, 0.29) is 6.61 Å². The van der Waals surface area contributed by atoms with Gasteiger partial charge in [0.1, 0.15) is 23.9 Å². The van der Waals surface area contributed by atoms with E-state index in [1.54, 1.807) is 14.2 Å². The molecule has 4 heteroatoms. The highest BCUT2D eigenvalue weighted by Crippen LogP contribution is 2.40. The number of aliphatic hydroxyl groups is 1. The van der Waals surface area contributed by atoms with Gasteiger partial charge in [0.05, 0.1) is 26.4 Å². The summed E-state index contributed by atoms with van der Waals surface area (Å²) in [6.45, 7) is 0.341. The zero-order valence-corrected chi connectivity index (χ0v) is 14.9. The first kappa shape index (κ1) is 17.8. The molecule has 0 unspecified atom stereocenters. The summed E-state index contributed by atoms with van der Waals surface area (Å²) >= 11 is 0. The number of ether oxygens (including phenoxy) is 3. The fraction of sp³-hybridized carbons (Fsp3) is 0.182. The van der Waals surface area contributed by atoms with Gasteiger partial charge in [-0.2, -0.15) is 0 Å². The zero-order valence-electron chi connectivity index (χ0n) is 14.9. The summed E-state index contributed by atoms with van der Waals surface area (Å²) in [4.78, 5) is 0. The van der Waals surface area contributed by atoms with Crippen molar-refractivity contribution in [2.45, 2.75) is 13.2 Å². The van der Waals surface area contributed by atoms with Gasteiger partial charge in [-0.25, -0.2) is 0 Å². The highest BCUT2D eigenvalue weighted by molar-refractivity contribution is 5.78. The van der Waals surface area contributed by atoms with Crippen LogP contribution in [0.4, 0.5) is 0 Å². The minimum absolute atomic E-state index is 0.0898. The van der Waals surface area contributed by atoms with Crippen molar-refractivity contribution >= 4 is 0 Å². The SMILES string of the molecule is COc1cccc(OC)c1-c1ccc(CO)c(OCc2ccccc2)c1. The molecular formula is C22H22O4. The van der Waals surface area contributed by atoms with Crippen LogP contribution < -0.4 is 14.2 Å². The van der Waals surface area contributed by atoms with Crippen molar-refractivity contribution in [3.63, 3.8) is 0 Å². The lowest BCUT2D eigenvalue weighted by Gasteiger charge is -2.16. The Morgan fingerprint density at radius 3 is 2.08 bits per heavy atom. The van der Waals surface area contributed by atoms with E-state index in [2.05, 4.69) is 0 Å². The lowest BCUT2D eigenvalue weighted by molar-refractivity contribution is 0.259. The number of methoxy groups -OCH3 is 2. The van der Waals surface area contributed by atoms with Crippen molar-refractivity contribution in [3.05, 3.63) is 77.9 Å². The van der Waals surface area contributed by atoms with E-state index in [0.717, 1.165) is 33.8 Å². The molecule has 3 aromatic rings. The quantitative estimate of drug-likeness (QED) is 0.684. The maximum Gasteiger partial charge on any atom is 0.130 e. The van der Waals surface area contributed by atoms with Crippen LogP contribution in [0, 0.1) is 0 Å². The molecule has 0 aliphatic rings. The van der Waals surface area contributed by atoms with E-state index >= 15 is 0 Å². The van der Waals surface area contributed by atoms with Crippen molar-refractivity contribution in [2.75, 3.05) is 14.2 Å². The smallest absolute Gasteiger partial charge is 0.130 e. The maximum absolute atomic E-state index is 9.65. The zero-order chi connectivity index (χ0) is 18.4. The molecule has 0 atom stereocenters. The Hall–Kier alpha value is -2.98. The largest absolute Gasteiger partial charge is 0.496 e. The van der Waals surface area contributed by atoms with E-state index in [1.165, 1.54) is 0 Å². The fourth-order valence-electron chi connectivity index (χ4n) is 2.85. The Labute approximate surface area is 153 Å². The highest BCUT2D eigenvalue weighted by atomic mass is 16.5. The number of aliphatic hydroxyl groups excluding tert-OH is 1. The summed E-state index contributed by atoms with van der Waals surface area (Å²) in [7, 11) is 3.26. The first-order valence-electron chi connectivity index (χ1n) is 8.38. The molecule has 0 bridgehead atoms. The average Bonchev–Trinajstić information content (AvgIpc) is 2.72. The second-order valence-corrected chi connectivity index (χ2v) is 5.79. The molecule has 0 saturated heterocycles. The predicted octanol–water partition coefficient (Wildman–Crippen LogP) is 4.44. The first-order chi connectivity index (χ1) is 12.8. The van der Waals surface area contributed by atoms with E-state index in [0.29, 0.717) is 12.4 Å². The van der Waals surface area contributed by atoms with Crippen LogP contribution in [0.1, 0.15) is 11.1 Å². The monoisotopic (exact) mass is 350 g/mol. The molecule has 3 rings (SSSR count). The number of hydrogen-bond acceptors (Lipinski definition) is 4. The van der Waals surface area contributed by atoms with Gasteiger partial charge in [-0.1, -0.05) is 48.5 Å². The average molecular weight is 350 g/mol. The Morgan fingerprint density at radius 2 is 1.46 bits per heavy atom. The molecule has 134 valence electrons. The van der Waals surface area contributed by atoms with Gasteiger partial charge in [0.15, 0.2) is 0 Å². The van der Waals surface area contributed by atoms with Crippen LogP contribution in [0.2, 0.25) is 0 Å². The van der Waals surface area contributed by atoms with Crippen molar-refractivity contribution in [2.24, 2.45) is 0 Å². The summed E-state index contributed by atoms with van der Waals surface area (Å²) in [6, 6.07) is 21.3. The molecule has 0 spiro atoms. The van der Waals surface area contributed by atoms with Crippen LogP contribution in [0.3, 0.4) is 0 Å². The van der Waals surface area contributed by atoms with Gasteiger partial charge in [-0.3, -0.25) is 0 Å². The van der Waals surface area contributed by atoms with Gasteiger partial charge < -0.3 is 19.3 Å². The van der Waals surface area contributed by atoms with Crippen LogP contribution in [0.25, 0.3) is 11.1 Å². The third kappa shape index (κ3) is 3.81. The Bertz CT molecular complexity index is 837. The van der Waals surface area contributed by atoms with Crippen LogP contribution in [-0.2, 0) is 13.2 Å². The van der Waals surface area contributed by atoms with E-state index in [9.17, 15) is 5.11 Å². The predicted molar refractivity (Wildman–Crippen MR) is 102 cm³/mol. The van der Waals surface area contributed by atoms with Gasteiger partial charge in [0.2, 0.25) is 0 Å². The lowest BCUT2D eigenvalue weighted by Crippen LogP contribution is -2.00. The number of hydrogen-bond donors (Lipinski definition) is 1. The van der Waals surface area contributed by atoms with Crippen LogP contribution in [0.15, 0.2) is 66.7 Å².